The SMILES string of the molecule is NCc1ccc(C(=O)c2ccccc2F)cc1. The number of halogens is 1. The van der Waals surface area contributed by atoms with E-state index in [1.807, 2.05) is 0 Å². The molecule has 17 heavy (non-hydrogen) atoms. The molecule has 0 spiro atoms. The highest BCUT2D eigenvalue weighted by Crippen LogP contribution is 2.13. The summed E-state index contributed by atoms with van der Waals surface area (Å²) in [5, 5.41) is 0. The lowest BCUT2D eigenvalue weighted by Crippen LogP contribution is -2.04. The summed E-state index contributed by atoms with van der Waals surface area (Å²) in [7, 11) is 0. The van der Waals surface area contributed by atoms with Gasteiger partial charge >= 0.3 is 0 Å². The van der Waals surface area contributed by atoms with E-state index >= 15 is 0 Å². The lowest BCUT2D eigenvalue weighted by molar-refractivity contribution is 0.103. The molecule has 0 saturated carbocycles. The van der Waals surface area contributed by atoms with Gasteiger partial charge in [-0.25, -0.2) is 4.39 Å². The molecule has 0 radical (unpaired) electrons. The maximum Gasteiger partial charge on any atom is 0.195 e. The molecule has 2 rings (SSSR count). The van der Waals surface area contributed by atoms with Crippen molar-refractivity contribution in [2.75, 3.05) is 0 Å². The standard InChI is InChI=1S/C14H12FNO/c15-13-4-2-1-3-12(13)14(17)11-7-5-10(9-16)6-8-11/h1-8H,9,16H2. The van der Waals surface area contributed by atoms with Gasteiger partial charge in [0.2, 0.25) is 0 Å². The zero-order valence-corrected chi connectivity index (χ0v) is 9.19. The summed E-state index contributed by atoms with van der Waals surface area (Å²) in [5.74, 6) is -0.813. The molecule has 0 aliphatic heterocycles. The maximum atomic E-state index is 13.4. The Balaban J connectivity index is 2.34. The Morgan fingerprint density at radius 1 is 1.06 bits per heavy atom. The fraction of sp³-hybridized carbons (Fsp3) is 0.0714. The van der Waals surface area contributed by atoms with Crippen molar-refractivity contribution in [2.45, 2.75) is 6.54 Å². The molecule has 2 nitrogen and oxygen atoms in total. The summed E-state index contributed by atoms with van der Waals surface area (Å²) in [6, 6.07) is 12.8. The quantitative estimate of drug-likeness (QED) is 0.822. The van der Waals surface area contributed by atoms with Gasteiger partial charge in [-0.05, 0) is 17.7 Å². The number of carbonyl (C=O) groups excluding carboxylic acids is 1. The summed E-state index contributed by atoms with van der Waals surface area (Å²) in [5.41, 5.74) is 6.96. The van der Waals surface area contributed by atoms with E-state index < -0.39 is 5.82 Å². The Hall–Kier alpha value is -2.00. The van der Waals surface area contributed by atoms with E-state index in [0.29, 0.717) is 12.1 Å². The Morgan fingerprint density at radius 3 is 2.29 bits per heavy atom. The first kappa shape index (κ1) is 11.5. The van der Waals surface area contributed by atoms with Gasteiger partial charge < -0.3 is 5.73 Å². The van der Waals surface area contributed by atoms with E-state index in [0.717, 1.165) is 5.56 Å². The van der Waals surface area contributed by atoms with Crippen LogP contribution in [0.5, 0.6) is 0 Å². The molecule has 2 aromatic carbocycles. The van der Waals surface area contributed by atoms with Gasteiger partial charge in [0.1, 0.15) is 5.82 Å². The molecule has 0 aliphatic carbocycles. The third kappa shape index (κ3) is 2.40. The van der Waals surface area contributed by atoms with Crippen LogP contribution in [-0.2, 0) is 6.54 Å². The predicted octanol–water partition coefficient (Wildman–Crippen LogP) is 2.52. The van der Waals surface area contributed by atoms with Crippen LogP contribution in [0.4, 0.5) is 4.39 Å². The smallest absolute Gasteiger partial charge is 0.195 e. The highest BCUT2D eigenvalue weighted by Gasteiger charge is 2.12. The molecule has 0 unspecified atom stereocenters. The average Bonchev–Trinajstić information content (AvgIpc) is 2.39. The van der Waals surface area contributed by atoms with Gasteiger partial charge in [0.05, 0.1) is 5.56 Å². The Bertz CT molecular complexity index is 534. The lowest BCUT2D eigenvalue weighted by Gasteiger charge is -2.03. The number of benzene rings is 2. The van der Waals surface area contributed by atoms with Crippen molar-refractivity contribution in [1.29, 1.82) is 0 Å². The van der Waals surface area contributed by atoms with Gasteiger partial charge in [-0.15, -0.1) is 0 Å². The molecule has 0 atom stereocenters. The van der Waals surface area contributed by atoms with E-state index in [2.05, 4.69) is 0 Å². The summed E-state index contributed by atoms with van der Waals surface area (Å²) < 4.78 is 13.4. The Labute approximate surface area is 98.9 Å². The topological polar surface area (TPSA) is 43.1 Å². The zero-order valence-electron chi connectivity index (χ0n) is 9.19. The average molecular weight is 229 g/mol. The summed E-state index contributed by atoms with van der Waals surface area (Å²) in [4.78, 5) is 12.0. The van der Waals surface area contributed by atoms with Crippen LogP contribution in [0.2, 0.25) is 0 Å². The molecular weight excluding hydrogens is 217 g/mol. The number of nitrogens with two attached hydrogens (primary N) is 1. The van der Waals surface area contributed by atoms with E-state index in [1.54, 1.807) is 36.4 Å². The molecule has 0 heterocycles. The number of hydrogen-bond acceptors (Lipinski definition) is 2. The molecule has 0 fully saturated rings. The summed E-state index contributed by atoms with van der Waals surface area (Å²) in [6.45, 7) is 0.425. The van der Waals surface area contributed by atoms with Crippen molar-refractivity contribution in [3.63, 3.8) is 0 Å². The van der Waals surface area contributed by atoms with Crippen LogP contribution in [-0.4, -0.2) is 5.78 Å². The molecule has 2 aromatic rings. The minimum atomic E-state index is -0.500. The molecule has 3 heteroatoms. The molecule has 2 N–H and O–H groups in total. The first-order valence-corrected chi connectivity index (χ1v) is 5.30. The predicted molar refractivity (Wildman–Crippen MR) is 64.2 cm³/mol. The van der Waals surface area contributed by atoms with Crippen molar-refractivity contribution in [3.05, 3.63) is 71.0 Å². The lowest BCUT2D eigenvalue weighted by atomic mass is 10.0. The van der Waals surface area contributed by atoms with Crippen molar-refractivity contribution < 1.29 is 9.18 Å². The molecule has 0 aromatic heterocycles. The zero-order chi connectivity index (χ0) is 12.3. The van der Waals surface area contributed by atoms with Gasteiger partial charge in [0, 0.05) is 12.1 Å². The number of hydrogen-bond donors (Lipinski definition) is 1. The molecule has 0 amide bonds. The third-order valence-electron chi connectivity index (χ3n) is 2.57. The van der Waals surface area contributed by atoms with Crippen molar-refractivity contribution in [3.8, 4) is 0 Å². The van der Waals surface area contributed by atoms with E-state index in [9.17, 15) is 9.18 Å². The van der Waals surface area contributed by atoms with Gasteiger partial charge in [0.15, 0.2) is 5.78 Å². The molecule has 0 aliphatic rings. The summed E-state index contributed by atoms with van der Waals surface area (Å²) in [6.07, 6.45) is 0. The molecule has 0 bridgehead atoms. The van der Waals surface area contributed by atoms with Crippen LogP contribution in [0, 0.1) is 5.82 Å². The first-order valence-electron chi connectivity index (χ1n) is 5.30. The van der Waals surface area contributed by atoms with Gasteiger partial charge in [-0.2, -0.15) is 0 Å². The highest BCUT2D eigenvalue weighted by molar-refractivity contribution is 6.09. The normalized spacial score (nSPS) is 10.2. The van der Waals surface area contributed by atoms with Crippen molar-refractivity contribution >= 4 is 5.78 Å². The summed E-state index contributed by atoms with van der Waals surface area (Å²) >= 11 is 0. The minimum absolute atomic E-state index is 0.0907. The number of rotatable bonds is 3. The third-order valence-corrected chi connectivity index (χ3v) is 2.57. The van der Waals surface area contributed by atoms with E-state index in [4.69, 9.17) is 5.73 Å². The van der Waals surface area contributed by atoms with Gasteiger partial charge in [-0.1, -0.05) is 36.4 Å². The van der Waals surface area contributed by atoms with E-state index in [1.165, 1.54) is 12.1 Å². The van der Waals surface area contributed by atoms with Crippen molar-refractivity contribution in [2.24, 2.45) is 5.73 Å². The monoisotopic (exact) mass is 229 g/mol. The molecule has 0 saturated heterocycles. The second-order valence-corrected chi connectivity index (χ2v) is 3.71. The van der Waals surface area contributed by atoms with Gasteiger partial charge in [0.25, 0.3) is 0 Å². The largest absolute Gasteiger partial charge is 0.326 e. The first-order chi connectivity index (χ1) is 8.22. The molecular formula is C14H12FNO. The van der Waals surface area contributed by atoms with E-state index in [-0.39, 0.29) is 11.3 Å². The highest BCUT2D eigenvalue weighted by atomic mass is 19.1. The fourth-order valence-corrected chi connectivity index (χ4v) is 1.59. The van der Waals surface area contributed by atoms with Crippen LogP contribution in [0.15, 0.2) is 48.5 Å². The van der Waals surface area contributed by atoms with Gasteiger partial charge in [-0.3, -0.25) is 4.79 Å². The Kier molecular flexibility index (Phi) is 3.30. The van der Waals surface area contributed by atoms with Crippen LogP contribution >= 0.6 is 0 Å². The number of ketones is 1. The second-order valence-electron chi connectivity index (χ2n) is 3.71. The number of carbonyl (C=O) groups is 1. The minimum Gasteiger partial charge on any atom is -0.326 e. The van der Waals surface area contributed by atoms with Crippen LogP contribution in [0.3, 0.4) is 0 Å². The van der Waals surface area contributed by atoms with Crippen LogP contribution in [0.1, 0.15) is 21.5 Å². The Morgan fingerprint density at radius 2 is 1.71 bits per heavy atom. The maximum absolute atomic E-state index is 13.4. The van der Waals surface area contributed by atoms with Crippen LogP contribution < -0.4 is 5.73 Å². The van der Waals surface area contributed by atoms with Crippen molar-refractivity contribution in [1.82, 2.24) is 0 Å². The van der Waals surface area contributed by atoms with Crippen LogP contribution in [0.25, 0.3) is 0 Å². The molecule has 86 valence electrons. The second kappa shape index (κ2) is 4.89. The fourth-order valence-electron chi connectivity index (χ4n) is 1.59.